The molecule has 0 aromatic carbocycles. The van der Waals surface area contributed by atoms with E-state index in [-0.39, 0.29) is 0 Å². The average molecular weight is 312 g/mol. The predicted octanol–water partition coefficient (Wildman–Crippen LogP) is 3.27. The molecule has 0 amide bonds. The van der Waals surface area contributed by atoms with Crippen molar-refractivity contribution in [3.63, 3.8) is 0 Å². The first-order valence-electron chi connectivity index (χ1n) is 6.34. The van der Waals surface area contributed by atoms with Crippen molar-refractivity contribution in [2.45, 2.75) is 36.5 Å². The van der Waals surface area contributed by atoms with Gasteiger partial charge < -0.3 is 18.1 Å². The van der Waals surface area contributed by atoms with Gasteiger partial charge in [-0.25, -0.2) is 0 Å². The fraction of sp³-hybridized carbons (Fsp3) is 1.00. The minimum absolute atomic E-state index is 0.391. The van der Waals surface area contributed by atoms with E-state index in [1.54, 1.807) is 0 Å². The molecular formula is C11H22O6P2. The molecule has 0 aromatic heterocycles. The summed E-state index contributed by atoms with van der Waals surface area (Å²) >= 11 is 0. The highest BCUT2D eigenvalue weighted by Gasteiger charge is 2.68. The Morgan fingerprint density at radius 2 is 1.58 bits per heavy atom. The van der Waals surface area contributed by atoms with E-state index >= 15 is 0 Å². The van der Waals surface area contributed by atoms with Gasteiger partial charge in [0, 0.05) is 28.4 Å². The summed E-state index contributed by atoms with van der Waals surface area (Å²) in [6.07, 6.45) is 3.03. The molecule has 0 radical (unpaired) electrons. The highest BCUT2D eigenvalue weighted by atomic mass is 31.2. The molecule has 2 rings (SSSR count). The molecule has 0 aromatic rings. The molecule has 2 fully saturated rings. The summed E-state index contributed by atoms with van der Waals surface area (Å²) in [4.78, 5) is 0. The summed E-state index contributed by atoms with van der Waals surface area (Å²) in [5.41, 5.74) is -0.417. The fourth-order valence-electron chi connectivity index (χ4n) is 3.82. The molecule has 19 heavy (non-hydrogen) atoms. The SMILES string of the molecule is COP(=O)(OC)C1CC2CCC1(P(=O)(OC)OC)C2. The number of hydrogen-bond acceptors (Lipinski definition) is 6. The molecule has 0 heterocycles. The molecule has 0 aliphatic heterocycles. The third kappa shape index (κ3) is 2.08. The van der Waals surface area contributed by atoms with Gasteiger partial charge in [-0.1, -0.05) is 0 Å². The second kappa shape index (κ2) is 5.25. The van der Waals surface area contributed by atoms with Crippen LogP contribution in [-0.2, 0) is 27.2 Å². The van der Waals surface area contributed by atoms with E-state index in [2.05, 4.69) is 0 Å². The Balaban J connectivity index is 2.47. The maximum Gasteiger partial charge on any atom is 0.337 e. The van der Waals surface area contributed by atoms with Crippen LogP contribution < -0.4 is 0 Å². The van der Waals surface area contributed by atoms with Crippen molar-refractivity contribution in [1.29, 1.82) is 0 Å². The van der Waals surface area contributed by atoms with E-state index in [1.807, 2.05) is 0 Å². The van der Waals surface area contributed by atoms with Gasteiger partial charge in [0.05, 0.1) is 10.8 Å². The van der Waals surface area contributed by atoms with Crippen LogP contribution in [-0.4, -0.2) is 39.3 Å². The minimum Gasteiger partial charge on any atom is -0.312 e. The molecule has 3 unspecified atom stereocenters. The summed E-state index contributed by atoms with van der Waals surface area (Å²) < 4.78 is 46.4. The number of rotatable bonds is 6. The van der Waals surface area contributed by atoms with Crippen LogP contribution in [0, 0.1) is 5.92 Å². The molecule has 0 N–H and O–H groups in total. The van der Waals surface area contributed by atoms with Gasteiger partial charge >= 0.3 is 15.2 Å². The molecular weight excluding hydrogens is 290 g/mol. The Hall–Kier alpha value is 0.300. The largest absolute Gasteiger partial charge is 0.337 e. The summed E-state index contributed by atoms with van der Waals surface area (Å²) in [5.74, 6) is 0.391. The lowest BCUT2D eigenvalue weighted by Gasteiger charge is -2.40. The molecule has 2 saturated carbocycles. The maximum absolute atomic E-state index is 12.9. The van der Waals surface area contributed by atoms with Crippen LogP contribution in [0.15, 0.2) is 0 Å². The lowest BCUT2D eigenvalue weighted by atomic mass is 9.99. The molecule has 8 heteroatoms. The van der Waals surface area contributed by atoms with Gasteiger partial charge in [-0.15, -0.1) is 0 Å². The normalized spacial score (nSPS) is 34.9. The molecule has 2 aliphatic carbocycles. The van der Waals surface area contributed by atoms with Crippen molar-refractivity contribution in [3.8, 4) is 0 Å². The summed E-state index contributed by atoms with van der Waals surface area (Å²) in [5, 5.41) is -0.733. The topological polar surface area (TPSA) is 71.1 Å². The third-order valence-corrected chi connectivity index (χ3v) is 10.2. The second-order valence-corrected chi connectivity index (χ2v) is 10.3. The average Bonchev–Trinajstić information content (AvgIpc) is 3.05. The van der Waals surface area contributed by atoms with E-state index in [0.717, 1.165) is 6.42 Å². The van der Waals surface area contributed by atoms with Crippen LogP contribution in [0.25, 0.3) is 0 Å². The fourth-order valence-corrected chi connectivity index (χ4v) is 8.94. The standard InChI is InChI=1S/C11H22O6P2/c1-14-18(12,15-2)10-7-9-5-6-11(10,8-9)19(13,16-3)17-4/h9-10H,5-8H2,1-4H3. The Bertz CT molecular complexity index is 423. The molecule has 2 aliphatic rings. The van der Waals surface area contributed by atoms with Crippen molar-refractivity contribution in [1.82, 2.24) is 0 Å². The van der Waals surface area contributed by atoms with Gasteiger partial charge in [0.2, 0.25) is 0 Å². The molecule has 2 bridgehead atoms. The zero-order chi connectivity index (χ0) is 14.3. The van der Waals surface area contributed by atoms with E-state index < -0.39 is 26.0 Å². The smallest absolute Gasteiger partial charge is 0.312 e. The van der Waals surface area contributed by atoms with Crippen LogP contribution in [0.2, 0.25) is 0 Å². The Morgan fingerprint density at radius 1 is 1.00 bits per heavy atom. The van der Waals surface area contributed by atoms with Crippen LogP contribution >= 0.6 is 15.2 Å². The number of hydrogen-bond donors (Lipinski definition) is 0. The highest BCUT2D eigenvalue weighted by Crippen LogP contribution is 2.78. The lowest BCUT2D eigenvalue weighted by molar-refractivity contribution is 0.223. The van der Waals surface area contributed by atoms with Crippen molar-refractivity contribution in [2.75, 3.05) is 28.4 Å². The van der Waals surface area contributed by atoms with E-state index in [9.17, 15) is 9.13 Å². The predicted molar refractivity (Wildman–Crippen MR) is 71.7 cm³/mol. The van der Waals surface area contributed by atoms with Crippen LogP contribution in [0.3, 0.4) is 0 Å². The molecule has 3 atom stereocenters. The van der Waals surface area contributed by atoms with Crippen molar-refractivity contribution in [3.05, 3.63) is 0 Å². The Labute approximate surface area is 114 Å². The van der Waals surface area contributed by atoms with E-state index in [1.165, 1.54) is 28.4 Å². The van der Waals surface area contributed by atoms with Gasteiger partial charge in [0.1, 0.15) is 0 Å². The van der Waals surface area contributed by atoms with Crippen LogP contribution in [0.4, 0.5) is 0 Å². The van der Waals surface area contributed by atoms with Crippen LogP contribution in [0.5, 0.6) is 0 Å². The zero-order valence-electron chi connectivity index (χ0n) is 11.8. The first-order valence-corrected chi connectivity index (χ1v) is 9.49. The summed E-state index contributed by atoms with van der Waals surface area (Å²) in [6.45, 7) is 0. The second-order valence-electron chi connectivity index (χ2n) is 5.23. The molecule has 112 valence electrons. The van der Waals surface area contributed by atoms with Gasteiger partial charge in [0.15, 0.2) is 0 Å². The van der Waals surface area contributed by atoms with Gasteiger partial charge in [0.25, 0.3) is 0 Å². The zero-order valence-corrected chi connectivity index (χ0v) is 13.6. The first kappa shape index (κ1) is 15.7. The third-order valence-electron chi connectivity index (χ3n) is 4.72. The summed E-state index contributed by atoms with van der Waals surface area (Å²) in [6, 6.07) is 0. The van der Waals surface area contributed by atoms with Gasteiger partial charge in [-0.2, -0.15) is 0 Å². The number of fused-ring (bicyclic) bond motifs is 2. The molecule has 0 spiro atoms. The highest BCUT2D eigenvalue weighted by molar-refractivity contribution is 7.60. The van der Waals surface area contributed by atoms with Gasteiger partial charge in [-0.05, 0) is 31.6 Å². The van der Waals surface area contributed by atoms with Gasteiger partial charge in [-0.3, -0.25) is 9.13 Å². The summed E-state index contributed by atoms with van der Waals surface area (Å²) in [7, 11) is -1.12. The molecule has 6 nitrogen and oxygen atoms in total. The molecule has 0 saturated heterocycles. The maximum atomic E-state index is 12.9. The van der Waals surface area contributed by atoms with Crippen molar-refractivity contribution in [2.24, 2.45) is 5.92 Å². The van der Waals surface area contributed by atoms with Crippen molar-refractivity contribution >= 4 is 15.2 Å². The monoisotopic (exact) mass is 312 g/mol. The Kier molecular flexibility index (Phi) is 4.33. The Morgan fingerprint density at radius 3 is 2.00 bits per heavy atom. The van der Waals surface area contributed by atoms with Crippen molar-refractivity contribution < 1.29 is 27.2 Å². The van der Waals surface area contributed by atoms with Crippen LogP contribution in [0.1, 0.15) is 25.7 Å². The minimum atomic E-state index is -3.33. The lowest BCUT2D eigenvalue weighted by Crippen LogP contribution is -2.38. The quantitative estimate of drug-likeness (QED) is 0.701. The van der Waals surface area contributed by atoms with E-state index in [4.69, 9.17) is 18.1 Å². The van der Waals surface area contributed by atoms with E-state index in [0.29, 0.717) is 25.2 Å². The first-order chi connectivity index (χ1) is 8.91.